The second kappa shape index (κ2) is 8.85. The van der Waals surface area contributed by atoms with Crippen molar-refractivity contribution in [2.75, 3.05) is 12.4 Å². The summed E-state index contributed by atoms with van der Waals surface area (Å²) in [7, 11) is -3.34. The van der Waals surface area contributed by atoms with E-state index in [-0.39, 0.29) is 22.1 Å². The first kappa shape index (κ1) is 20.0. The maximum atomic E-state index is 12.0. The number of aromatic hydroxyl groups is 1. The molecule has 0 atom stereocenters. The van der Waals surface area contributed by atoms with Gasteiger partial charge in [0.05, 0.1) is 17.3 Å². The van der Waals surface area contributed by atoms with Gasteiger partial charge in [0.2, 0.25) is 0 Å². The maximum absolute atomic E-state index is 12.0. The van der Waals surface area contributed by atoms with E-state index in [0.29, 0.717) is 12.5 Å². The van der Waals surface area contributed by atoms with Crippen LogP contribution >= 0.6 is 0 Å². The predicted molar refractivity (Wildman–Crippen MR) is 104 cm³/mol. The van der Waals surface area contributed by atoms with E-state index >= 15 is 0 Å². The standard InChI is InChI=1S/C20H25NO4S/c1-4-26(23,24)18-9-10-20(22)19(13-18)21-14-16-5-7-17(8-6-16)25-12-11-15(2)3/h5-10,13-15,22H,4,11-12H2,1-3H3. The van der Waals surface area contributed by atoms with Gasteiger partial charge in [0.25, 0.3) is 0 Å². The Kier molecular flexibility index (Phi) is 6.80. The summed E-state index contributed by atoms with van der Waals surface area (Å²) in [5, 5.41) is 9.91. The second-order valence-corrected chi connectivity index (χ2v) is 8.69. The van der Waals surface area contributed by atoms with Crippen LogP contribution in [-0.2, 0) is 9.84 Å². The van der Waals surface area contributed by atoms with Crippen LogP contribution in [0.15, 0.2) is 52.4 Å². The molecule has 0 radical (unpaired) electrons. The molecule has 0 aromatic heterocycles. The number of hydrogen-bond donors (Lipinski definition) is 1. The van der Waals surface area contributed by atoms with Crippen molar-refractivity contribution in [1.29, 1.82) is 0 Å². The summed E-state index contributed by atoms with van der Waals surface area (Å²) < 4.78 is 29.6. The molecule has 2 aromatic rings. The lowest BCUT2D eigenvalue weighted by molar-refractivity contribution is 0.289. The largest absolute Gasteiger partial charge is 0.506 e. The summed E-state index contributed by atoms with van der Waals surface area (Å²) in [4.78, 5) is 4.37. The van der Waals surface area contributed by atoms with E-state index < -0.39 is 9.84 Å². The van der Waals surface area contributed by atoms with E-state index in [2.05, 4.69) is 18.8 Å². The van der Waals surface area contributed by atoms with Gasteiger partial charge in [-0.15, -0.1) is 0 Å². The molecule has 0 aliphatic carbocycles. The van der Waals surface area contributed by atoms with E-state index in [9.17, 15) is 13.5 Å². The molecule has 140 valence electrons. The van der Waals surface area contributed by atoms with E-state index in [0.717, 1.165) is 17.7 Å². The molecule has 0 spiro atoms. The molecule has 6 heteroatoms. The van der Waals surface area contributed by atoms with Crippen LogP contribution < -0.4 is 4.74 Å². The molecule has 26 heavy (non-hydrogen) atoms. The molecule has 0 bridgehead atoms. The van der Waals surface area contributed by atoms with Crippen molar-refractivity contribution in [2.45, 2.75) is 32.1 Å². The Morgan fingerprint density at radius 3 is 2.46 bits per heavy atom. The smallest absolute Gasteiger partial charge is 0.178 e. The van der Waals surface area contributed by atoms with Crippen LogP contribution in [0.25, 0.3) is 0 Å². The Morgan fingerprint density at radius 1 is 1.15 bits per heavy atom. The summed E-state index contributed by atoms with van der Waals surface area (Å²) in [5.41, 5.74) is 1.04. The van der Waals surface area contributed by atoms with Gasteiger partial charge in [-0.3, -0.25) is 4.99 Å². The minimum Gasteiger partial charge on any atom is -0.506 e. The number of nitrogens with zero attached hydrogens (tertiary/aromatic N) is 1. The molecular formula is C20H25NO4S. The third-order valence-corrected chi connectivity index (χ3v) is 5.62. The number of aliphatic imine (C=N–C) groups is 1. The monoisotopic (exact) mass is 375 g/mol. The van der Waals surface area contributed by atoms with Gasteiger partial charge in [-0.25, -0.2) is 8.42 Å². The molecule has 0 aliphatic rings. The first-order valence-corrected chi connectivity index (χ1v) is 10.3. The maximum Gasteiger partial charge on any atom is 0.178 e. The van der Waals surface area contributed by atoms with Crippen molar-refractivity contribution in [3.05, 3.63) is 48.0 Å². The van der Waals surface area contributed by atoms with Gasteiger partial charge >= 0.3 is 0 Å². The Hall–Kier alpha value is -2.34. The number of ether oxygens (including phenoxy) is 1. The zero-order valence-corrected chi connectivity index (χ0v) is 16.2. The molecule has 0 amide bonds. The first-order chi connectivity index (χ1) is 12.3. The van der Waals surface area contributed by atoms with E-state index in [1.165, 1.54) is 18.2 Å². The Labute approximate surface area is 155 Å². The predicted octanol–water partition coefficient (Wildman–Crippen LogP) is 4.36. The molecule has 0 saturated heterocycles. The molecule has 0 fully saturated rings. The van der Waals surface area contributed by atoms with Gasteiger partial charge in [-0.05, 0) is 60.4 Å². The van der Waals surface area contributed by atoms with Gasteiger partial charge in [0.15, 0.2) is 9.84 Å². The van der Waals surface area contributed by atoms with Gasteiger partial charge in [0, 0.05) is 6.21 Å². The molecule has 0 unspecified atom stereocenters. The SMILES string of the molecule is CCS(=O)(=O)c1ccc(O)c(N=Cc2ccc(OCCC(C)C)cc2)c1. The third kappa shape index (κ3) is 5.59. The van der Waals surface area contributed by atoms with E-state index in [1.54, 1.807) is 13.1 Å². The fraction of sp³-hybridized carbons (Fsp3) is 0.350. The zero-order valence-electron chi connectivity index (χ0n) is 15.3. The van der Waals surface area contributed by atoms with Crippen molar-refractivity contribution in [3.8, 4) is 11.5 Å². The van der Waals surface area contributed by atoms with Crippen molar-refractivity contribution in [3.63, 3.8) is 0 Å². The van der Waals surface area contributed by atoms with Crippen LogP contribution in [0.1, 0.15) is 32.8 Å². The number of phenolic OH excluding ortho intramolecular Hbond substituents is 1. The van der Waals surface area contributed by atoms with Gasteiger partial charge in [-0.1, -0.05) is 20.8 Å². The van der Waals surface area contributed by atoms with Crippen molar-refractivity contribution in [2.24, 2.45) is 10.9 Å². The van der Waals surface area contributed by atoms with Crippen molar-refractivity contribution < 1.29 is 18.3 Å². The summed E-state index contributed by atoms with van der Waals surface area (Å²) in [6, 6.07) is 11.6. The fourth-order valence-electron chi connectivity index (χ4n) is 2.17. The summed E-state index contributed by atoms with van der Waals surface area (Å²) >= 11 is 0. The average Bonchev–Trinajstić information content (AvgIpc) is 2.61. The summed E-state index contributed by atoms with van der Waals surface area (Å²) in [6.07, 6.45) is 2.58. The highest BCUT2D eigenvalue weighted by molar-refractivity contribution is 7.91. The normalized spacial score (nSPS) is 12.0. The van der Waals surface area contributed by atoms with Crippen LogP contribution in [-0.4, -0.2) is 32.1 Å². The molecule has 1 N–H and O–H groups in total. The zero-order chi connectivity index (χ0) is 19.2. The Balaban J connectivity index is 2.11. The molecule has 0 saturated carbocycles. The second-order valence-electron chi connectivity index (χ2n) is 6.41. The highest BCUT2D eigenvalue weighted by Crippen LogP contribution is 2.29. The van der Waals surface area contributed by atoms with E-state index in [4.69, 9.17) is 4.74 Å². The quantitative estimate of drug-likeness (QED) is 0.696. The van der Waals surface area contributed by atoms with Crippen LogP contribution in [0.3, 0.4) is 0 Å². The molecule has 0 aliphatic heterocycles. The lowest BCUT2D eigenvalue weighted by atomic mass is 10.1. The van der Waals surface area contributed by atoms with Crippen LogP contribution in [0.4, 0.5) is 5.69 Å². The minimum absolute atomic E-state index is 0.000793. The molecule has 5 nitrogen and oxygen atoms in total. The van der Waals surface area contributed by atoms with Gasteiger partial charge in [-0.2, -0.15) is 0 Å². The number of phenols is 1. The third-order valence-electron chi connectivity index (χ3n) is 3.88. The molecule has 2 aromatic carbocycles. The highest BCUT2D eigenvalue weighted by Gasteiger charge is 2.13. The van der Waals surface area contributed by atoms with Gasteiger partial charge < -0.3 is 9.84 Å². The van der Waals surface area contributed by atoms with E-state index in [1.807, 2.05) is 24.3 Å². The molecular weight excluding hydrogens is 350 g/mol. The van der Waals surface area contributed by atoms with Crippen LogP contribution in [0, 0.1) is 5.92 Å². The minimum atomic E-state index is -3.34. The number of sulfone groups is 1. The molecule has 0 heterocycles. The van der Waals surface area contributed by atoms with Crippen LogP contribution in [0.5, 0.6) is 11.5 Å². The summed E-state index contributed by atoms with van der Waals surface area (Å²) in [6.45, 7) is 6.56. The van der Waals surface area contributed by atoms with Gasteiger partial charge in [0.1, 0.15) is 17.2 Å². The summed E-state index contributed by atoms with van der Waals surface area (Å²) in [5.74, 6) is 1.33. The number of hydrogen-bond acceptors (Lipinski definition) is 5. The highest BCUT2D eigenvalue weighted by atomic mass is 32.2. The lowest BCUT2D eigenvalue weighted by Gasteiger charge is -2.08. The lowest BCUT2D eigenvalue weighted by Crippen LogP contribution is -2.03. The Bertz CT molecular complexity index is 856. The number of benzene rings is 2. The van der Waals surface area contributed by atoms with Crippen molar-refractivity contribution in [1.82, 2.24) is 0 Å². The molecule has 2 rings (SSSR count). The fourth-order valence-corrected chi connectivity index (χ4v) is 3.07. The van der Waals surface area contributed by atoms with Crippen LogP contribution in [0.2, 0.25) is 0 Å². The first-order valence-electron chi connectivity index (χ1n) is 8.64. The number of rotatable bonds is 8. The Morgan fingerprint density at radius 2 is 1.85 bits per heavy atom. The topological polar surface area (TPSA) is 76.0 Å². The average molecular weight is 375 g/mol. The van der Waals surface area contributed by atoms with Crippen molar-refractivity contribution >= 4 is 21.7 Å².